The molecular weight excluding hydrogens is 1430 g/mol. The van der Waals surface area contributed by atoms with Crippen LogP contribution in [0.1, 0.15) is 44.5 Å². The summed E-state index contributed by atoms with van der Waals surface area (Å²) in [6.45, 7) is 5.70. The zero-order chi connectivity index (χ0) is 77.0. The summed E-state index contributed by atoms with van der Waals surface area (Å²) in [7, 11) is 0. The molecule has 0 aromatic heterocycles. The molecule has 0 spiro atoms. The number of hydrogen-bond donors (Lipinski definition) is 4. The maximum atomic E-state index is 11.0. The molecule has 16 nitrogen and oxygen atoms in total. The molecule has 4 heterocycles. The lowest BCUT2D eigenvalue weighted by Gasteiger charge is -2.34. The van der Waals surface area contributed by atoms with E-state index in [2.05, 4.69) is 127 Å². The predicted octanol–water partition coefficient (Wildman–Crippen LogP) is 17.4. The Kier molecular flexibility index (Phi) is 20.8. The number of rotatable bonds is 28. The van der Waals surface area contributed by atoms with Gasteiger partial charge in [0.15, 0.2) is 0 Å². The second-order valence-corrected chi connectivity index (χ2v) is 29.4. The molecule has 14 aromatic carbocycles. The average molecular weight is 1520 g/mol. The molecule has 0 saturated carbocycles. The van der Waals surface area contributed by atoms with Gasteiger partial charge >= 0.3 is 0 Å². The summed E-state index contributed by atoms with van der Waals surface area (Å²) in [5.74, 6) is 6.47. The van der Waals surface area contributed by atoms with Crippen LogP contribution in [0.4, 0.5) is 0 Å². The summed E-state index contributed by atoms with van der Waals surface area (Å²) < 4.78 is 68.5. The van der Waals surface area contributed by atoms with Crippen molar-refractivity contribution >= 4 is 32.3 Å². The molecule has 2 aliphatic carbocycles. The Labute approximate surface area is 660 Å². The van der Waals surface area contributed by atoms with Gasteiger partial charge in [0.1, 0.15) is 147 Å². The number of aliphatic hydroxyl groups is 2. The van der Waals surface area contributed by atoms with E-state index in [0.717, 1.165) is 104 Å². The van der Waals surface area contributed by atoms with Crippen molar-refractivity contribution in [2.24, 2.45) is 0 Å². The topological polar surface area (TPSA) is 205 Å². The molecule has 6 aliphatic rings. The van der Waals surface area contributed by atoms with Crippen molar-refractivity contribution in [3.05, 3.63) is 348 Å². The first kappa shape index (κ1) is 73.1. The van der Waals surface area contributed by atoms with Crippen molar-refractivity contribution < 1.29 is 77.3 Å². The van der Waals surface area contributed by atoms with Crippen molar-refractivity contribution in [2.45, 2.75) is 47.5 Å². The molecule has 114 heavy (non-hydrogen) atoms. The van der Waals surface area contributed by atoms with Gasteiger partial charge in [-0.1, -0.05) is 182 Å². The number of benzene rings is 14. The van der Waals surface area contributed by atoms with E-state index in [-0.39, 0.29) is 62.3 Å². The molecule has 14 aromatic rings. The van der Waals surface area contributed by atoms with Gasteiger partial charge in [0.05, 0.1) is 37.3 Å². The Morgan fingerprint density at radius 2 is 0.535 bits per heavy atom. The highest BCUT2D eigenvalue weighted by molar-refractivity contribution is 5.92. The normalized spacial score (nSPS) is 17.5. The predicted molar refractivity (Wildman–Crippen MR) is 438 cm³/mol. The second kappa shape index (κ2) is 32.4. The van der Waals surface area contributed by atoms with Crippen LogP contribution in [-0.4, -0.2) is 136 Å². The molecule has 0 radical (unpaired) electrons. The Morgan fingerprint density at radius 3 is 0.860 bits per heavy atom. The maximum absolute atomic E-state index is 11.0. The number of aromatic hydroxyl groups is 2. The highest BCUT2D eigenvalue weighted by atomic mass is 16.6. The Hall–Kier alpha value is -12.4. The maximum Gasteiger partial charge on any atom is 0.127 e. The zero-order valence-electron chi connectivity index (χ0n) is 62.5. The zero-order valence-corrected chi connectivity index (χ0v) is 62.5. The van der Waals surface area contributed by atoms with E-state index in [0.29, 0.717) is 49.4 Å². The molecule has 6 unspecified atom stereocenters. The number of ether oxygens (including phenoxy) is 12. The van der Waals surface area contributed by atoms with Crippen LogP contribution in [-0.2, 0) is 29.8 Å². The number of hydrogen-bond acceptors (Lipinski definition) is 16. The van der Waals surface area contributed by atoms with E-state index in [1.54, 1.807) is 24.3 Å². The summed E-state index contributed by atoms with van der Waals surface area (Å²) >= 11 is 0. The third kappa shape index (κ3) is 15.7. The van der Waals surface area contributed by atoms with Crippen molar-refractivity contribution in [3.63, 3.8) is 0 Å². The number of aliphatic hydroxyl groups excluding tert-OH is 2. The van der Waals surface area contributed by atoms with Gasteiger partial charge in [-0.05, 0) is 204 Å². The van der Waals surface area contributed by atoms with Gasteiger partial charge in [-0.2, -0.15) is 0 Å². The first-order valence-corrected chi connectivity index (χ1v) is 38.7. The molecule has 4 saturated heterocycles. The van der Waals surface area contributed by atoms with Gasteiger partial charge in [-0.3, -0.25) is 0 Å². The minimum atomic E-state index is -0.864. The van der Waals surface area contributed by atoms with Crippen LogP contribution in [0.15, 0.2) is 303 Å². The van der Waals surface area contributed by atoms with Gasteiger partial charge in [-0.25, -0.2) is 0 Å². The third-order valence-electron chi connectivity index (χ3n) is 21.6. The van der Waals surface area contributed by atoms with Crippen LogP contribution in [0, 0.1) is 0 Å². The fraction of sp³-hybridized carbons (Fsp3) is 0.204. The summed E-state index contributed by atoms with van der Waals surface area (Å²) in [5.41, 5.74) is 12.7. The van der Waals surface area contributed by atoms with Gasteiger partial charge in [-0.15, -0.1) is 0 Å². The lowest BCUT2D eigenvalue weighted by atomic mass is 9.68. The standard InChI is InChI=1S/C57H50O10.C25H18O2.C16H16O4/c58-41(31-62-45-23-25-50-37(27-45)8-6-14-56(50)67-36-48-35-65-48)29-60-43-19-15-39(16-20-43)57(53-11-3-1-9-51(53)52-10-2-4-12-54(52)57)40-17-21-44(22-18-40)61-30-42(59)32-66-55-13-5-7-38-28-46(24-26-49(38)55)63-33-47-34-64-47;26-19-13-9-17(10-14-19)25(18-11-15-20(27)16-12-18)23-7-3-1-5-21(23)22-6-2-4-8-24(22)25;1-2-11-6-12(17-7-13-8-18-13)4-5-15(11)16(3-1)20-10-14-9-19-14/h1-28,41-42,47-48,58-59H,29-36H2;1-16,26-27H;1-6,13-14H,7-10H2. The molecule has 0 amide bonds. The van der Waals surface area contributed by atoms with E-state index in [4.69, 9.17) is 56.8 Å². The van der Waals surface area contributed by atoms with Gasteiger partial charge < -0.3 is 77.3 Å². The van der Waals surface area contributed by atoms with Crippen LogP contribution in [0.25, 0.3) is 54.6 Å². The Morgan fingerprint density at radius 1 is 0.272 bits per heavy atom. The van der Waals surface area contributed by atoms with Crippen LogP contribution >= 0.6 is 0 Å². The van der Waals surface area contributed by atoms with Gasteiger partial charge in [0.2, 0.25) is 0 Å². The highest BCUT2D eigenvalue weighted by Crippen LogP contribution is 2.58. The first-order chi connectivity index (χ1) is 56.1. The van der Waals surface area contributed by atoms with Crippen molar-refractivity contribution in [1.82, 2.24) is 0 Å². The Balaban J connectivity index is 0.000000154. The lowest BCUT2D eigenvalue weighted by molar-refractivity contribution is 0.0627. The molecule has 0 bridgehead atoms. The highest BCUT2D eigenvalue weighted by Gasteiger charge is 2.48. The first-order valence-electron chi connectivity index (χ1n) is 38.7. The number of phenolic OH excluding ortho intramolecular Hbond substituents is 2. The van der Waals surface area contributed by atoms with E-state index in [1.165, 1.54) is 44.5 Å². The molecule has 4 aliphatic heterocycles. The number of fused-ring (bicyclic) bond motifs is 9. The number of epoxide rings is 4. The summed E-state index contributed by atoms with van der Waals surface area (Å²) in [5, 5.41) is 47.7. The van der Waals surface area contributed by atoms with E-state index in [1.807, 2.05) is 152 Å². The molecule has 6 atom stereocenters. The lowest BCUT2D eigenvalue weighted by Crippen LogP contribution is -2.28. The van der Waals surface area contributed by atoms with Crippen molar-refractivity contribution in [3.8, 4) is 79.7 Å². The number of phenols is 2. The van der Waals surface area contributed by atoms with Crippen LogP contribution in [0.5, 0.6) is 57.5 Å². The minimum Gasteiger partial charge on any atom is -0.508 e. The van der Waals surface area contributed by atoms with E-state index >= 15 is 0 Å². The molecule has 4 fully saturated rings. The van der Waals surface area contributed by atoms with Gasteiger partial charge in [0.25, 0.3) is 0 Å². The van der Waals surface area contributed by atoms with E-state index < -0.39 is 23.0 Å². The molecule has 20 rings (SSSR count). The SMILES string of the molecule is OC(COc1ccc(C2(c3ccc(OCC(O)COc4cccc5cc(OCC6CO6)ccc45)cc3)c3ccccc3-c3ccccc32)cc1)COc1ccc2c(OCC3CO3)cccc2c1.Oc1ccc(C2(c3ccc(O)cc3)c3ccccc3-c3ccccc32)cc1.c1cc(OCC2CO2)c2ccc(OCC3CO3)cc2c1. The van der Waals surface area contributed by atoms with Crippen molar-refractivity contribution in [1.29, 1.82) is 0 Å². The minimum absolute atomic E-state index is 0.0571. The molecule has 572 valence electrons. The molecule has 16 heteroatoms. The van der Waals surface area contributed by atoms with Crippen molar-refractivity contribution in [2.75, 3.05) is 79.3 Å². The molecular formula is C98H84O16. The fourth-order valence-electron chi connectivity index (χ4n) is 15.7. The summed E-state index contributed by atoms with van der Waals surface area (Å²) in [6, 6.07) is 101. The van der Waals surface area contributed by atoms with Crippen LogP contribution in [0.3, 0.4) is 0 Å². The summed E-state index contributed by atoms with van der Waals surface area (Å²) in [4.78, 5) is 0. The smallest absolute Gasteiger partial charge is 0.127 e. The second-order valence-electron chi connectivity index (χ2n) is 29.4. The quantitative estimate of drug-likeness (QED) is 0.0337. The largest absolute Gasteiger partial charge is 0.508 e. The van der Waals surface area contributed by atoms with Crippen LogP contribution < -0.4 is 37.9 Å². The van der Waals surface area contributed by atoms with Crippen LogP contribution in [0.2, 0.25) is 0 Å². The fourth-order valence-corrected chi connectivity index (χ4v) is 15.7. The molecule has 4 N–H and O–H groups in total. The third-order valence-corrected chi connectivity index (χ3v) is 21.6. The van der Waals surface area contributed by atoms with Gasteiger partial charge in [0, 0.05) is 16.2 Å². The average Bonchev–Trinajstić information content (AvgIpc) is 1.54. The van der Waals surface area contributed by atoms with E-state index in [9.17, 15) is 20.4 Å². The monoisotopic (exact) mass is 1520 g/mol. The summed E-state index contributed by atoms with van der Waals surface area (Å²) in [6.07, 6.45) is -0.811. The Bertz CT molecular complexity index is 5580.